The van der Waals surface area contributed by atoms with Crippen molar-refractivity contribution in [1.29, 1.82) is 0 Å². The lowest BCUT2D eigenvalue weighted by atomic mass is 10.0. The fraction of sp³-hybridized carbons (Fsp3) is 0.273. The molecule has 0 saturated carbocycles. The summed E-state index contributed by atoms with van der Waals surface area (Å²) in [5.74, 6) is 0. The van der Waals surface area contributed by atoms with Crippen LogP contribution in [0.2, 0.25) is 0 Å². The van der Waals surface area contributed by atoms with Gasteiger partial charge in [-0.3, -0.25) is 0 Å². The van der Waals surface area contributed by atoms with Gasteiger partial charge >= 0.3 is 0 Å². The number of benzene rings is 1. The summed E-state index contributed by atoms with van der Waals surface area (Å²) in [5, 5.41) is 3.26. The molecule has 0 bridgehead atoms. The molecule has 1 aromatic carbocycles. The van der Waals surface area contributed by atoms with E-state index >= 15 is 0 Å². The van der Waals surface area contributed by atoms with E-state index in [-0.39, 0.29) is 6.04 Å². The Balaban J connectivity index is 3.15. The van der Waals surface area contributed by atoms with Gasteiger partial charge in [-0.05, 0) is 60.3 Å². The van der Waals surface area contributed by atoms with E-state index in [4.69, 9.17) is 0 Å². The van der Waals surface area contributed by atoms with E-state index in [1.807, 2.05) is 14.0 Å². The average molecular weight is 366 g/mol. The van der Waals surface area contributed by atoms with Gasteiger partial charge in [0.25, 0.3) is 0 Å². The third kappa shape index (κ3) is 2.81. The van der Waals surface area contributed by atoms with Gasteiger partial charge in [-0.1, -0.05) is 28.1 Å². The van der Waals surface area contributed by atoms with Gasteiger partial charge in [0.15, 0.2) is 0 Å². The molecule has 1 N–H and O–H groups in total. The molecule has 0 fully saturated rings. The minimum absolute atomic E-state index is 0.236. The predicted molar refractivity (Wildman–Crippen MR) is 73.5 cm³/mol. The van der Waals surface area contributed by atoms with Crippen LogP contribution in [0.1, 0.15) is 18.5 Å². The van der Waals surface area contributed by atoms with E-state index in [2.05, 4.69) is 68.6 Å². The first kappa shape index (κ1) is 12.2. The molecule has 0 radical (unpaired) electrons. The summed E-state index contributed by atoms with van der Waals surface area (Å²) in [4.78, 5) is 0. The second-order valence-electron chi connectivity index (χ2n) is 3.23. The Hall–Kier alpha value is 0.130. The Morgan fingerprint density at radius 1 is 1.57 bits per heavy atom. The highest BCUT2D eigenvalue weighted by Crippen LogP contribution is 2.27. The standard InChI is InChI=1S/C11H13BrIN/c1-7(2)11(14-3)9-6-8(12)4-5-10(9)13/h4-6,11,14H,1H2,2-3H3. The largest absolute Gasteiger partial charge is 0.310 e. The molecule has 3 heteroatoms. The highest BCUT2D eigenvalue weighted by molar-refractivity contribution is 14.1. The van der Waals surface area contributed by atoms with Crippen molar-refractivity contribution in [3.63, 3.8) is 0 Å². The summed E-state index contributed by atoms with van der Waals surface area (Å²) in [5.41, 5.74) is 2.40. The summed E-state index contributed by atoms with van der Waals surface area (Å²) in [6.07, 6.45) is 0. The van der Waals surface area contributed by atoms with E-state index < -0.39 is 0 Å². The molecule has 0 amide bonds. The van der Waals surface area contributed by atoms with Crippen molar-refractivity contribution in [3.8, 4) is 0 Å². The van der Waals surface area contributed by atoms with Crippen molar-refractivity contribution in [2.45, 2.75) is 13.0 Å². The number of hydrogen-bond acceptors (Lipinski definition) is 1. The highest BCUT2D eigenvalue weighted by atomic mass is 127. The van der Waals surface area contributed by atoms with Crippen LogP contribution in [0.5, 0.6) is 0 Å². The number of hydrogen-bond donors (Lipinski definition) is 1. The van der Waals surface area contributed by atoms with Crippen LogP contribution < -0.4 is 5.32 Å². The molecule has 14 heavy (non-hydrogen) atoms. The highest BCUT2D eigenvalue weighted by Gasteiger charge is 2.12. The second-order valence-corrected chi connectivity index (χ2v) is 5.31. The van der Waals surface area contributed by atoms with Crippen LogP contribution in [0.25, 0.3) is 0 Å². The first-order chi connectivity index (χ1) is 6.56. The van der Waals surface area contributed by atoms with Gasteiger partial charge in [0.05, 0.1) is 6.04 Å². The Bertz CT molecular complexity index is 349. The molecule has 0 aliphatic carbocycles. The van der Waals surface area contributed by atoms with Crippen LogP contribution in [-0.2, 0) is 0 Å². The number of halogens is 2. The third-order valence-corrected chi connectivity index (χ3v) is 3.53. The normalized spacial score (nSPS) is 12.6. The molecule has 0 spiro atoms. The Kier molecular flexibility index (Phi) is 4.60. The van der Waals surface area contributed by atoms with Gasteiger partial charge < -0.3 is 5.32 Å². The molecule has 0 heterocycles. The topological polar surface area (TPSA) is 12.0 Å². The fourth-order valence-corrected chi connectivity index (χ4v) is 2.43. The van der Waals surface area contributed by atoms with Crippen LogP contribution in [0.15, 0.2) is 34.8 Å². The molecule has 0 aliphatic heterocycles. The third-order valence-electron chi connectivity index (χ3n) is 2.05. The van der Waals surface area contributed by atoms with Gasteiger partial charge in [-0.25, -0.2) is 0 Å². The zero-order valence-corrected chi connectivity index (χ0v) is 12.0. The Labute approximate surface area is 107 Å². The zero-order chi connectivity index (χ0) is 10.7. The molecular weight excluding hydrogens is 353 g/mol. The van der Waals surface area contributed by atoms with Gasteiger partial charge in [0, 0.05) is 8.04 Å². The SMILES string of the molecule is C=C(C)C(NC)c1cc(Br)ccc1I. The monoisotopic (exact) mass is 365 g/mol. The Morgan fingerprint density at radius 2 is 2.21 bits per heavy atom. The molecule has 0 aliphatic rings. The summed E-state index contributed by atoms with van der Waals surface area (Å²) in [6.45, 7) is 6.03. The molecule has 1 unspecified atom stereocenters. The first-order valence-electron chi connectivity index (χ1n) is 4.34. The van der Waals surface area contributed by atoms with Crippen molar-refractivity contribution >= 4 is 38.5 Å². The van der Waals surface area contributed by atoms with Gasteiger partial charge in [-0.2, -0.15) is 0 Å². The minimum atomic E-state index is 0.236. The van der Waals surface area contributed by atoms with Crippen molar-refractivity contribution in [1.82, 2.24) is 5.32 Å². The van der Waals surface area contributed by atoms with Gasteiger partial charge in [-0.15, -0.1) is 0 Å². The molecule has 1 nitrogen and oxygen atoms in total. The van der Waals surface area contributed by atoms with Crippen molar-refractivity contribution in [2.24, 2.45) is 0 Å². The van der Waals surface area contributed by atoms with Crippen molar-refractivity contribution < 1.29 is 0 Å². The maximum absolute atomic E-state index is 3.99. The quantitative estimate of drug-likeness (QED) is 0.633. The zero-order valence-electron chi connectivity index (χ0n) is 8.27. The lowest BCUT2D eigenvalue weighted by Crippen LogP contribution is -2.18. The molecule has 0 aromatic heterocycles. The summed E-state index contributed by atoms with van der Waals surface area (Å²) >= 11 is 5.83. The number of rotatable bonds is 3. The summed E-state index contributed by atoms with van der Waals surface area (Å²) < 4.78 is 2.36. The average Bonchev–Trinajstić information content (AvgIpc) is 2.11. The summed E-state index contributed by atoms with van der Waals surface area (Å²) in [6, 6.07) is 6.53. The van der Waals surface area contributed by atoms with E-state index in [1.165, 1.54) is 9.13 Å². The van der Waals surface area contributed by atoms with Crippen molar-refractivity contribution in [3.05, 3.63) is 44.0 Å². The van der Waals surface area contributed by atoms with E-state index in [0.29, 0.717) is 0 Å². The molecule has 1 aromatic rings. The smallest absolute Gasteiger partial charge is 0.0539 e. The van der Waals surface area contributed by atoms with E-state index in [0.717, 1.165) is 10.0 Å². The maximum atomic E-state index is 3.99. The lowest BCUT2D eigenvalue weighted by Gasteiger charge is -2.18. The predicted octanol–water partition coefficient (Wildman–Crippen LogP) is 3.89. The second kappa shape index (κ2) is 5.28. The molecule has 1 rings (SSSR count). The van der Waals surface area contributed by atoms with Crippen LogP contribution in [0, 0.1) is 3.57 Å². The lowest BCUT2D eigenvalue weighted by molar-refractivity contribution is 0.676. The molecular formula is C11H13BrIN. The van der Waals surface area contributed by atoms with Crippen LogP contribution in [0.4, 0.5) is 0 Å². The molecule has 1 atom stereocenters. The van der Waals surface area contributed by atoms with E-state index in [9.17, 15) is 0 Å². The maximum Gasteiger partial charge on any atom is 0.0539 e. The molecule has 76 valence electrons. The summed E-state index contributed by atoms with van der Waals surface area (Å²) in [7, 11) is 1.95. The number of nitrogens with one attached hydrogen (secondary N) is 1. The van der Waals surface area contributed by atoms with Crippen LogP contribution in [-0.4, -0.2) is 7.05 Å². The Morgan fingerprint density at radius 3 is 2.71 bits per heavy atom. The first-order valence-corrected chi connectivity index (χ1v) is 6.21. The molecule has 0 saturated heterocycles. The van der Waals surface area contributed by atoms with Crippen LogP contribution in [0.3, 0.4) is 0 Å². The minimum Gasteiger partial charge on any atom is -0.310 e. The van der Waals surface area contributed by atoms with Gasteiger partial charge in [0.2, 0.25) is 0 Å². The van der Waals surface area contributed by atoms with Crippen LogP contribution >= 0.6 is 38.5 Å². The van der Waals surface area contributed by atoms with Gasteiger partial charge in [0.1, 0.15) is 0 Å². The number of likely N-dealkylation sites (N-methyl/N-ethyl adjacent to an activating group) is 1. The van der Waals surface area contributed by atoms with Crippen molar-refractivity contribution in [2.75, 3.05) is 7.05 Å². The van der Waals surface area contributed by atoms with E-state index in [1.54, 1.807) is 0 Å². The fourth-order valence-electron chi connectivity index (χ4n) is 1.40.